The maximum atomic E-state index is 13.4. The van der Waals surface area contributed by atoms with E-state index in [0.29, 0.717) is 38.5 Å². The maximum absolute atomic E-state index is 13.4. The van der Waals surface area contributed by atoms with Gasteiger partial charge in [0.1, 0.15) is 37.1 Å². The average Bonchev–Trinajstić information content (AvgIpc) is 3.16. The summed E-state index contributed by atoms with van der Waals surface area (Å²) >= 11 is 0. The molecule has 1 rings (SSSR count). The molecule has 0 aromatic rings. The zero-order valence-corrected chi connectivity index (χ0v) is 32.6. The van der Waals surface area contributed by atoms with Gasteiger partial charge in [-0.3, -0.25) is 19.2 Å². The van der Waals surface area contributed by atoms with Gasteiger partial charge in [-0.15, -0.1) is 0 Å². The molecule has 11 atom stereocenters. The van der Waals surface area contributed by atoms with E-state index in [2.05, 4.69) is 0 Å². The van der Waals surface area contributed by atoms with E-state index >= 15 is 0 Å². The highest BCUT2D eigenvalue weighted by atomic mass is 16.8. The Morgan fingerprint density at radius 2 is 1.07 bits per heavy atom. The van der Waals surface area contributed by atoms with E-state index in [1.165, 1.54) is 0 Å². The first-order chi connectivity index (χ1) is 26.2. The van der Waals surface area contributed by atoms with E-state index in [9.17, 15) is 49.8 Å². The van der Waals surface area contributed by atoms with E-state index in [-0.39, 0.29) is 25.7 Å². The summed E-state index contributed by atoms with van der Waals surface area (Å²) < 4.78 is 43.0. The van der Waals surface area contributed by atoms with Gasteiger partial charge in [-0.05, 0) is 25.7 Å². The fourth-order valence-electron chi connectivity index (χ4n) is 5.65. The number of unbranched alkanes of at least 4 members (excludes halogenated alkanes) is 9. The zero-order valence-electron chi connectivity index (χ0n) is 33.6. The Bertz CT molecular complexity index is 1080. The SMILES string of the molecule is [2H]C(CCCCCC)C(=O)O[C@@H]1C(OC(O)[C@@H](O)[C@H](O)[C@@H](O)[C@@H](O)CO)O[C@H](COC(=O)CCCCC)[C@@H](OC(=O)CCCCC)[C@@H]1OC(=O)CCCCC. The summed E-state index contributed by atoms with van der Waals surface area (Å²) in [5.74, 6) is -3.20. The van der Waals surface area contributed by atoms with Crippen molar-refractivity contribution < 1.29 is 79.6 Å². The molecule has 0 bridgehead atoms. The quantitative estimate of drug-likeness (QED) is 0.0266. The summed E-state index contributed by atoms with van der Waals surface area (Å²) in [5.41, 5.74) is 0. The summed E-state index contributed by atoms with van der Waals surface area (Å²) in [7, 11) is 0. The third-order valence-electron chi connectivity index (χ3n) is 8.96. The van der Waals surface area contributed by atoms with Crippen LogP contribution in [0.2, 0.25) is 0 Å². The molecule has 6 N–H and O–H groups in total. The summed E-state index contributed by atoms with van der Waals surface area (Å²) in [5, 5.41) is 61.2. The van der Waals surface area contributed by atoms with Gasteiger partial charge in [0.05, 0.1) is 6.61 Å². The molecule has 3 unspecified atom stereocenters. The summed E-state index contributed by atoms with van der Waals surface area (Å²) in [6.07, 6.45) is -12.0. The second-order valence-electron chi connectivity index (χ2n) is 13.7. The molecule has 316 valence electrons. The maximum Gasteiger partial charge on any atom is 0.306 e. The third kappa shape index (κ3) is 18.9. The predicted molar refractivity (Wildman–Crippen MR) is 193 cm³/mol. The molecule has 1 saturated heterocycles. The van der Waals surface area contributed by atoms with Crippen molar-refractivity contribution >= 4 is 23.9 Å². The number of hydrogen-bond donors (Lipinski definition) is 6. The van der Waals surface area contributed by atoms with Crippen LogP contribution in [0.3, 0.4) is 0 Å². The van der Waals surface area contributed by atoms with Gasteiger partial charge in [-0.25, -0.2) is 0 Å². The molecule has 1 aliphatic rings. The first-order valence-corrected chi connectivity index (χ1v) is 19.7. The highest BCUT2D eigenvalue weighted by molar-refractivity contribution is 5.72. The van der Waals surface area contributed by atoms with Crippen LogP contribution in [0.5, 0.6) is 0 Å². The van der Waals surface area contributed by atoms with Gasteiger partial charge >= 0.3 is 23.9 Å². The van der Waals surface area contributed by atoms with Crippen LogP contribution in [-0.4, -0.2) is 129 Å². The van der Waals surface area contributed by atoms with Crippen LogP contribution >= 0.6 is 0 Å². The van der Waals surface area contributed by atoms with Gasteiger partial charge in [-0.2, -0.15) is 0 Å². The van der Waals surface area contributed by atoms with Gasteiger partial charge in [0.15, 0.2) is 24.6 Å². The van der Waals surface area contributed by atoms with Crippen molar-refractivity contribution in [3.63, 3.8) is 0 Å². The Kier molecular flexibility index (Phi) is 25.5. The van der Waals surface area contributed by atoms with Crippen molar-refractivity contribution in [2.75, 3.05) is 13.2 Å². The molecule has 16 nitrogen and oxygen atoms in total. The van der Waals surface area contributed by atoms with Gasteiger partial charge in [0, 0.05) is 27.0 Å². The van der Waals surface area contributed by atoms with Crippen LogP contribution in [-0.2, 0) is 47.6 Å². The smallest absolute Gasteiger partial charge is 0.306 e. The van der Waals surface area contributed by atoms with Crippen molar-refractivity contribution in [1.82, 2.24) is 0 Å². The first kappa shape index (κ1) is 47.7. The Balaban J connectivity index is 3.70. The lowest BCUT2D eigenvalue weighted by Crippen LogP contribution is -2.64. The number of hydrogen-bond acceptors (Lipinski definition) is 16. The number of aliphatic hydroxyl groups excluding tert-OH is 6. The van der Waals surface area contributed by atoms with E-state index in [1.54, 1.807) is 0 Å². The van der Waals surface area contributed by atoms with Gasteiger partial charge in [-0.1, -0.05) is 91.9 Å². The molecule has 0 radical (unpaired) electrons. The highest BCUT2D eigenvalue weighted by Gasteiger charge is 2.54. The summed E-state index contributed by atoms with van der Waals surface area (Å²) in [6.45, 7) is 6.27. The lowest BCUT2D eigenvalue weighted by Gasteiger charge is -2.45. The fourth-order valence-corrected chi connectivity index (χ4v) is 5.65. The van der Waals surface area contributed by atoms with Crippen LogP contribution in [0.1, 0.15) is 145 Å². The molecular formula is C38H68O16. The van der Waals surface area contributed by atoms with Crippen molar-refractivity contribution in [3.05, 3.63) is 0 Å². The number of esters is 4. The van der Waals surface area contributed by atoms with E-state index in [4.69, 9.17) is 29.8 Å². The average molecular weight is 782 g/mol. The van der Waals surface area contributed by atoms with Crippen molar-refractivity contribution in [1.29, 1.82) is 0 Å². The van der Waals surface area contributed by atoms with Crippen molar-refractivity contribution in [3.8, 4) is 0 Å². The molecule has 1 fully saturated rings. The second kappa shape index (κ2) is 28.9. The molecule has 54 heavy (non-hydrogen) atoms. The Morgan fingerprint density at radius 1 is 0.593 bits per heavy atom. The monoisotopic (exact) mass is 781 g/mol. The summed E-state index contributed by atoms with van der Waals surface area (Å²) in [6, 6.07) is 0. The number of rotatable bonds is 30. The van der Waals surface area contributed by atoms with Crippen LogP contribution in [0, 0.1) is 0 Å². The Labute approximate surface area is 321 Å². The fraction of sp³-hybridized carbons (Fsp3) is 0.895. The van der Waals surface area contributed by atoms with Crippen molar-refractivity contribution in [2.24, 2.45) is 0 Å². The van der Waals surface area contributed by atoms with E-state index < -0.39 is 105 Å². The highest BCUT2D eigenvalue weighted by Crippen LogP contribution is 2.32. The number of aliphatic hydroxyl groups is 6. The molecular weight excluding hydrogens is 712 g/mol. The molecule has 0 aromatic heterocycles. The van der Waals surface area contributed by atoms with E-state index in [0.717, 1.165) is 44.9 Å². The van der Waals surface area contributed by atoms with Crippen LogP contribution < -0.4 is 0 Å². The summed E-state index contributed by atoms with van der Waals surface area (Å²) in [4.78, 5) is 52.6. The molecule has 16 heteroatoms. The van der Waals surface area contributed by atoms with Crippen LogP contribution in [0.15, 0.2) is 0 Å². The lowest BCUT2D eigenvalue weighted by atomic mass is 9.97. The minimum atomic E-state index is -2.45. The number of carbonyl (C=O) groups excluding carboxylic acids is 4. The molecule has 0 saturated carbocycles. The standard InChI is InChI=1S/C38H68O16/c1-5-9-13-14-18-22-30(44)53-36-35(52-29(43)21-17-12-8-4)34(51-28(42)20-16-11-7-3)26(24-49-27(41)19-15-10-6-2)50-38(36)54-37(48)33(47)32(46)31(45)25(40)23-39/h25-26,31-40,45-48H,5-24H2,1-4H3/t25-,26+,31-,32+,33-,34+,35-,36-,37?,38?/m0/s1/i22D/t22?,25-,26+,31-,32+,33-,34+,35-,36-,37?,38?. The second-order valence-corrected chi connectivity index (χ2v) is 13.7. The molecule has 0 amide bonds. The van der Waals surface area contributed by atoms with Gasteiger partial charge in [0.25, 0.3) is 0 Å². The van der Waals surface area contributed by atoms with E-state index in [1.807, 2.05) is 27.7 Å². The van der Waals surface area contributed by atoms with Crippen LogP contribution in [0.4, 0.5) is 0 Å². The topological polar surface area (TPSA) is 245 Å². The molecule has 0 aromatic carbocycles. The molecule has 0 aliphatic carbocycles. The van der Waals surface area contributed by atoms with Crippen LogP contribution in [0.25, 0.3) is 0 Å². The Morgan fingerprint density at radius 3 is 1.61 bits per heavy atom. The molecule has 1 aliphatic heterocycles. The molecule has 0 spiro atoms. The normalized spacial score (nSPS) is 23.6. The minimum Gasteiger partial charge on any atom is -0.463 e. The number of ether oxygens (including phenoxy) is 6. The lowest BCUT2D eigenvalue weighted by molar-refractivity contribution is -0.349. The Hall–Kier alpha value is -2.44. The zero-order chi connectivity index (χ0) is 41.3. The molecule has 1 heterocycles. The number of carbonyl (C=O) groups is 4. The van der Waals surface area contributed by atoms with Gasteiger partial charge in [0.2, 0.25) is 6.29 Å². The van der Waals surface area contributed by atoms with Gasteiger partial charge < -0.3 is 59.1 Å². The first-order valence-electron chi connectivity index (χ1n) is 20.3. The minimum absolute atomic E-state index is 0.0349. The third-order valence-corrected chi connectivity index (χ3v) is 8.96. The largest absolute Gasteiger partial charge is 0.463 e. The predicted octanol–water partition coefficient (Wildman–Crippen LogP) is 2.86. The van der Waals surface area contributed by atoms with Crippen molar-refractivity contribution in [2.45, 2.75) is 205 Å².